The molecule has 4 nitrogen and oxygen atoms in total. The zero-order valence-electron chi connectivity index (χ0n) is 10.6. The Morgan fingerprint density at radius 2 is 1.83 bits per heavy atom. The lowest BCUT2D eigenvalue weighted by Gasteiger charge is -2.15. The Labute approximate surface area is 107 Å². The van der Waals surface area contributed by atoms with Crippen LogP contribution in [0, 0.1) is 0 Å². The first-order chi connectivity index (χ1) is 8.60. The van der Waals surface area contributed by atoms with Gasteiger partial charge in [-0.25, -0.2) is 4.79 Å². The summed E-state index contributed by atoms with van der Waals surface area (Å²) in [4.78, 5) is 24.4. The molecule has 0 atom stereocenters. The average molecular weight is 247 g/mol. The van der Waals surface area contributed by atoms with Gasteiger partial charge in [-0.05, 0) is 31.6 Å². The molecule has 0 aliphatic heterocycles. The van der Waals surface area contributed by atoms with Crippen LogP contribution in [0.5, 0.6) is 0 Å². The van der Waals surface area contributed by atoms with Gasteiger partial charge in [-0.1, -0.05) is 18.2 Å². The van der Waals surface area contributed by atoms with Crippen molar-refractivity contribution in [3.05, 3.63) is 41.5 Å². The molecular formula is C14H17NO3. The van der Waals surface area contributed by atoms with Gasteiger partial charge < -0.3 is 10.0 Å². The van der Waals surface area contributed by atoms with Crippen molar-refractivity contribution in [3.8, 4) is 0 Å². The lowest BCUT2D eigenvalue weighted by molar-refractivity contribution is -0.125. The standard InChI is InChI=1S/C14H17NO3/c1-3-15(4-2)13(16)10-9-11-7-5-6-8-12(11)14(17)18/h5-10H,3-4H2,1-2H3,(H,17,18). The number of hydrogen-bond acceptors (Lipinski definition) is 2. The molecule has 0 fully saturated rings. The van der Waals surface area contributed by atoms with Gasteiger partial charge in [-0.15, -0.1) is 0 Å². The molecule has 0 aliphatic rings. The maximum atomic E-state index is 11.8. The highest BCUT2D eigenvalue weighted by Gasteiger charge is 2.08. The summed E-state index contributed by atoms with van der Waals surface area (Å²) in [5, 5.41) is 9.00. The number of rotatable bonds is 5. The van der Waals surface area contributed by atoms with E-state index in [1.165, 1.54) is 12.1 Å². The fourth-order valence-corrected chi connectivity index (χ4v) is 1.64. The van der Waals surface area contributed by atoms with Crippen molar-refractivity contribution in [1.29, 1.82) is 0 Å². The molecule has 0 unspecified atom stereocenters. The van der Waals surface area contributed by atoms with E-state index < -0.39 is 5.97 Å². The van der Waals surface area contributed by atoms with Crippen LogP contribution in [-0.4, -0.2) is 35.0 Å². The molecule has 0 radical (unpaired) electrons. The van der Waals surface area contributed by atoms with E-state index in [0.29, 0.717) is 18.7 Å². The quantitative estimate of drug-likeness (QED) is 0.812. The number of hydrogen-bond donors (Lipinski definition) is 1. The molecule has 1 amide bonds. The van der Waals surface area contributed by atoms with Crippen LogP contribution in [0.3, 0.4) is 0 Å². The fourth-order valence-electron chi connectivity index (χ4n) is 1.64. The summed E-state index contributed by atoms with van der Waals surface area (Å²) in [5.41, 5.74) is 0.728. The zero-order chi connectivity index (χ0) is 13.5. The Morgan fingerprint density at radius 1 is 1.22 bits per heavy atom. The number of carbonyl (C=O) groups is 2. The SMILES string of the molecule is CCN(CC)C(=O)C=Cc1ccccc1C(=O)O. The van der Waals surface area contributed by atoms with E-state index in [2.05, 4.69) is 0 Å². The summed E-state index contributed by atoms with van der Waals surface area (Å²) >= 11 is 0. The van der Waals surface area contributed by atoms with Crippen molar-refractivity contribution in [2.45, 2.75) is 13.8 Å². The predicted molar refractivity (Wildman–Crippen MR) is 70.4 cm³/mol. The van der Waals surface area contributed by atoms with Gasteiger partial charge in [0.1, 0.15) is 0 Å². The number of carboxylic acids is 1. The van der Waals surface area contributed by atoms with E-state index in [-0.39, 0.29) is 11.5 Å². The van der Waals surface area contributed by atoms with Crippen LogP contribution < -0.4 is 0 Å². The van der Waals surface area contributed by atoms with E-state index in [1.54, 1.807) is 29.2 Å². The molecule has 0 saturated heterocycles. The summed E-state index contributed by atoms with van der Waals surface area (Å²) in [6, 6.07) is 6.60. The number of nitrogens with zero attached hydrogens (tertiary/aromatic N) is 1. The number of benzene rings is 1. The molecule has 0 spiro atoms. The maximum Gasteiger partial charge on any atom is 0.336 e. The molecule has 0 heterocycles. The number of likely N-dealkylation sites (N-methyl/N-ethyl adjacent to an activating group) is 1. The van der Waals surface area contributed by atoms with Crippen LogP contribution in [0.4, 0.5) is 0 Å². The van der Waals surface area contributed by atoms with Crippen molar-refractivity contribution >= 4 is 18.0 Å². The summed E-state index contributed by atoms with van der Waals surface area (Å²) in [6.07, 6.45) is 2.96. The minimum Gasteiger partial charge on any atom is -0.478 e. The van der Waals surface area contributed by atoms with Gasteiger partial charge in [0.05, 0.1) is 5.56 Å². The van der Waals surface area contributed by atoms with Crippen LogP contribution in [0.1, 0.15) is 29.8 Å². The van der Waals surface area contributed by atoms with E-state index in [1.807, 2.05) is 13.8 Å². The van der Waals surface area contributed by atoms with E-state index >= 15 is 0 Å². The molecular weight excluding hydrogens is 230 g/mol. The first kappa shape index (κ1) is 14.0. The second-order valence-electron chi connectivity index (χ2n) is 3.74. The Balaban J connectivity index is 2.91. The van der Waals surface area contributed by atoms with Crippen molar-refractivity contribution in [1.82, 2.24) is 4.90 Å². The smallest absolute Gasteiger partial charge is 0.336 e. The van der Waals surface area contributed by atoms with E-state index in [0.717, 1.165) is 0 Å². The Hall–Kier alpha value is -2.10. The number of amides is 1. The van der Waals surface area contributed by atoms with E-state index in [4.69, 9.17) is 5.11 Å². The lowest BCUT2D eigenvalue weighted by atomic mass is 10.1. The second kappa shape index (κ2) is 6.59. The lowest BCUT2D eigenvalue weighted by Crippen LogP contribution is -2.28. The minimum atomic E-state index is -0.995. The molecule has 0 bridgehead atoms. The molecule has 0 aliphatic carbocycles. The van der Waals surface area contributed by atoms with Crippen molar-refractivity contribution in [3.63, 3.8) is 0 Å². The summed E-state index contributed by atoms with van der Waals surface area (Å²) in [6.45, 7) is 5.08. The van der Waals surface area contributed by atoms with Crippen LogP contribution >= 0.6 is 0 Å². The van der Waals surface area contributed by atoms with Crippen molar-refractivity contribution in [2.75, 3.05) is 13.1 Å². The molecule has 0 saturated carbocycles. The first-order valence-electron chi connectivity index (χ1n) is 5.89. The highest BCUT2D eigenvalue weighted by atomic mass is 16.4. The molecule has 1 aromatic rings. The number of carboxylic acid groups (broad SMARTS) is 1. The van der Waals surface area contributed by atoms with Crippen LogP contribution in [0.25, 0.3) is 6.08 Å². The number of carbonyl (C=O) groups excluding carboxylic acids is 1. The normalized spacial score (nSPS) is 10.6. The summed E-state index contributed by atoms with van der Waals surface area (Å²) in [7, 11) is 0. The van der Waals surface area contributed by atoms with Crippen LogP contribution in [-0.2, 0) is 4.79 Å². The van der Waals surface area contributed by atoms with Gasteiger partial charge in [-0.2, -0.15) is 0 Å². The zero-order valence-corrected chi connectivity index (χ0v) is 10.6. The van der Waals surface area contributed by atoms with Crippen molar-refractivity contribution < 1.29 is 14.7 Å². The third kappa shape index (κ3) is 3.45. The van der Waals surface area contributed by atoms with Gasteiger partial charge in [0.15, 0.2) is 0 Å². The highest BCUT2D eigenvalue weighted by molar-refractivity contribution is 5.96. The van der Waals surface area contributed by atoms with Gasteiger partial charge in [0.2, 0.25) is 5.91 Å². The van der Waals surface area contributed by atoms with Gasteiger partial charge in [-0.3, -0.25) is 4.79 Å². The van der Waals surface area contributed by atoms with E-state index in [9.17, 15) is 9.59 Å². The summed E-state index contributed by atoms with van der Waals surface area (Å²) < 4.78 is 0. The molecule has 1 aromatic carbocycles. The fraction of sp³-hybridized carbons (Fsp3) is 0.286. The molecule has 0 aromatic heterocycles. The average Bonchev–Trinajstić information content (AvgIpc) is 2.38. The first-order valence-corrected chi connectivity index (χ1v) is 5.89. The van der Waals surface area contributed by atoms with Gasteiger partial charge >= 0.3 is 5.97 Å². The number of aromatic carboxylic acids is 1. The molecule has 96 valence electrons. The minimum absolute atomic E-state index is 0.111. The third-order valence-corrected chi connectivity index (χ3v) is 2.67. The van der Waals surface area contributed by atoms with Gasteiger partial charge in [0.25, 0.3) is 0 Å². The molecule has 18 heavy (non-hydrogen) atoms. The summed E-state index contributed by atoms with van der Waals surface area (Å²) in [5.74, 6) is -1.11. The Kier molecular flexibility index (Phi) is 5.11. The Bertz CT molecular complexity index is 462. The highest BCUT2D eigenvalue weighted by Crippen LogP contribution is 2.10. The topological polar surface area (TPSA) is 57.6 Å². The molecule has 1 rings (SSSR count). The maximum absolute atomic E-state index is 11.8. The van der Waals surface area contributed by atoms with Gasteiger partial charge in [0, 0.05) is 19.2 Å². The van der Waals surface area contributed by atoms with Crippen LogP contribution in [0.2, 0.25) is 0 Å². The second-order valence-corrected chi connectivity index (χ2v) is 3.74. The molecule has 1 N–H and O–H groups in total. The monoisotopic (exact) mass is 247 g/mol. The predicted octanol–water partition coefficient (Wildman–Crippen LogP) is 2.27. The third-order valence-electron chi connectivity index (χ3n) is 2.67. The van der Waals surface area contributed by atoms with Crippen LogP contribution in [0.15, 0.2) is 30.3 Å². The Morgan fingerprint density at radius 3 is 2.39 bits per heavy atom. The largest absolute Gasteiger partial charge is 0.478 e. The van der Waals surface area contributed by atoms with Crippen molar-refractivity contribution in [2.24, 2.45) is 0 Å². The molecule has 4 heteroatoms.